The smallest absolute Gasteiger partial charge is 0.0198 e. The van der Waals surface area contributed by atoms with Gasteiger partial charge in [0.2, 0.25) is 0 Å². The van der Waals surface area contributed by atoms with E-state index in [1.807, 2.05) is 0 Å². The average Bonchev–Trinajstić information content (AvgIpc) is 3.24. The number of pyridine rings is 1. The molecule has 0 spiro atoms. The number of benzene rings is 1. The first kappa shape index (κ1) is 16.9. The zero-order chi connectivity index (χ0) is 16.8. The molecule has 6 aliphatic rings. The fraction of sp³-hybridized carbons (Fsp3) is 0.560. The maximum Gasteiger partial charge on any atom is 0.0198 e. The van der Waals surface area contributed by atoms with E-state index in [2.05, 4.69) is 30.5 Å². The first-order chi connectivity index (χ1) is 12.8. The molecule has 0 N–H and O–H groups in total. The van der Waals surface area contributed by atoms with E-state index < -0.39 is 0 Å². The Hall–Kier alpha value is -0.981. The molecule has 6 bridgehead atoms. The molecule has 0 aliphatic heterocycles. The van der Waals surface area contributed by atoms with Crippen LogP contribution in [0.25, 0.3) is 11.3 Å². The normalized spacial score (nSPS) is 36.9. The summed E-state index contributed by atoms with van der Waals surface area (Å²) < 4.78 is 0. The summed E-state index contributed by atoms with van der Waals surface area (Å²) in [6.07, 6.45) is 13.6. The van der Waals surface area contributed by atoms with Gasteiger partial charge < -0.3 is 4.98 Å². The number of hydrogen-bond donors (Lipinski definition) is 0. The second-order valence-corrected chi connectivity index (χ2v) is 9.97. The summed E-state index contributed by atoms with van der Waals surface area (Å²) in [5.74, 6) is 5.21. The molecule has 3 saturated carbocycles. The molecule has 27 heavy (non-hydrogen) atoms. The monoisotopic (exact) mass is 533 g/mol. The second-order valence-electron chi connectivity index (χ2n) is 9.97. The van der Waals surface area contributed by atoms with Crippen molar-refractivity contribution in [3.05, 3.63) is 52.7 Å². The number of rotatable bonds is 1. The first-order valence-corrected chi connectivity index (χ1v) is 10.9. The summed E-state index contributed by atoms with van der Waals surface area (Å²) in [4.78, 5) is 4.89. The summed E-state index contributed by atoms with van der Waals surface area (Å²) in [7, 11) is 0. The van der Waals surface area contributed by atoms with Gasteiger partial charge in [-0.25, -0.2) is 0 Å². The Morgan fingerprint density at radius 1 is 0.704 bits per heavy atom. The van der Waals surface area contributed by atoms with Crippen LogP contribution in [-0.4, -0.2) is 4.98 Å². The molecule has 4 unspecified atom stereocenters. The van der Waals surface area contributed by atoms with Gasteiger partial charge in [0, 0.05) is 26.3 Å². The third-order valence-electron chi connectivity index (χ3n) is 8.59. The van der Waals surface area contributed by atoms with Crippen molar-refractivity contribution in [3.63, 3.8) is 0 Å². The van der Waals surface area contributed by atoms with Crippen LogP contribution in [0.4, 0.5) is 0 Å². The zero-order valence-corrected chi connectivity index (χ0v) is 18.1. The molecular formula is C25H26IrN-. The van der Waals surface area contributed by atoms with E-state index in [-0.39, 0.29) is 20.1 Å². The van der Waals surface area contributed by atoms with Crippen molar-refractivity contribution in [1.29, 1.82) is 0 Å². The van der Waals surface area contributed by atoms with Crippen LogP contribution in [0.15, 0.2) is 24.4 Å². The summed E-state index contributed by atoms with van der Waals surface area (Å²) in [5.41, 5.74) is 8.88. The Balaban J connectivity index is 0.00000146. The van der Waals surface area contributed by atoms with Gasteiger partial charge in [-0.1, -0.05) is 18.9 Å². The quantitative estimate of drug-likeness (QED) is 0.393. The number of hydrogen-bond acceptors (Lipinski definition) is 1. The SMILES string of the molecule is [Ir].[c-]1cc2c(cc1-c1cc3c(cn1)C1CCC3C1)C1CC3CC(CC2C3)C1. The van der Waals surface area contributed by atoms with Crippen LogP contribution in [-0.2, 0) is 20.1 Å². The molecule has 2 aromatic rings. The predicted octanol–water partition coefficient (Wildman–Crippen LogP) is 6.30. The predicted molar refractivity (Wildman–Crippen MR) is 103 cm³/mol. The molecule has 6 aliphatic carbocycles. The van der Waals surface area contributed by atoms with Crippen LogP contribution < -0.4 is 0 Å². The number of aromatic nitrogens is 1. The molecule has 1 nitrogen and oxygen atoms in total. The van der Waals surface area contributed by atoms with Gasteiger partial charge >= 0.3 is 0 Å². The summed E-state index contributed by atoms with van der Waals surface area (Å²) in [6, 6.07) is 10.9. The zero-order valence-electron chi connectivity index (χ0n) is 15.7. The average molecular weight is 533 g/mol. The van der Waals surface area contributed by atoms with Crippen LogP contribution in [0, 0.1) is 17.9 Å². The van der Waals surface area contributed by atoms with Gasteiger partial charge in [-0.15, -0.1) is 34.9 Å². The van der Waals surface area contributed by atoms with Crippen molar-refractivity contribution in [1.82, 2.24) is 4.98 Å². The molecular weight excluding hydrogens is 506 g/mol. The fourth-order valence-electron chi connectivity index (χ4n) is 7.60. The van der Waals surface area contributed by atoms with Crippen molar-refractivity contribution in [2.45, 2.75) is 75.0 Å². The second kappa shape index (κ2) is 6.01. The Kier molecular flexibility index (Phi) is 3.77. The van der Waals surface area contributed by atoms with E-state index in [1.165, 1.54) is 62.6 Å². The van der Waals surface area contributed by atoms with Crippen molar-refractivity contribution < 1.29 is 20.1 Å². The Morgan fingerprint density at radius 2 is 1.37 bits per heavy atom. The van der Waals surface area contributed by atoms with Crippen molar-refractivity contribution in [2.75, 3.05) is 0 Å². The van der Waals surface area contributed by atoms with Gasteiger partial charge in [0.25, 0.3) is 0 Å². The van der Waals surface area contributed by atoms with E-state index in [4.69, 9.17) is 4.98 Å². The summed E-state index contributed by atoms with van der Waals surface area (Å²) in [6.45, 7) is 0. The van der Waals surface area contributed by atoms with Gasteiger partial charge in [-0.2, -0.15) is 0 Å². The third-order valence-corrected chi connectivity index (χ3v) is 8.59. The minimum atomic E-state index is 0. The Labute approximate surface area is 175 Å². The van der Waals surface area contributed by atoms with Crippen molar-refractivity contribution >= 4 is 0 Å². The minimum absolute atomic E-state index is 0. The molecule has 141 valence electrons. The first-order valence-electron chi connectivity index (χ1n) is 10.9. The minimum Gasteiger partial charge on any atom is -0.304 e. The molecule has 0 saturated heterocycles. The molecule has 1 aromatic carbocycles. The van der Waals surface area contributed by atoms with Crippen LogP contribution in [0.3, 0.4) is 0 Å². The van der Waals surface area contributed by atoms with Crippen LogP contribution >= 0.6 is 0 Å². The van der Waals surface area contributed by atoms with E-state index in [9.17, 15) is 0 Å². The van der Waals surface area contributed by atoms with Crippen LogP contribution in [0.2, 0.25) is 0 Å². The van der Waals surface area contributed by atoms with Gasteiger partial charge in [0.15, 0.2) is 0 Å². The number of fused-ring (bicyclic) bond motifs is 5. The molecule has 1 heterocycles. The Morgan fingerprint density at radius 3 is 2.15 bits per heavy atom. The van der Waals surface area contributed by atoms with E-state index in [0.29, 0.717) is 0 Å². The van der Waals surface area contributed by atoms with Crippen LogP contribution in [0.1, 0.15) is 97.3 Å². The third kappa shape index (κ3) is 2.42. The number of nitrogens with zero attached hydrogens (tertiary/aromatic N) is 1. The van der Waals surface area contributed by atoms with E-state index >= 15 is 0 Å². The molecule has 4 atom stereocenters. The van der Waals surface area contributed by atoms with Crippen molar-refractivity contribution in [3.8, 4) is 11.3 Å². The van der Waals surface area contributed by atoms with Gasteiger partial charge in [0.1, 0.15) is 0 Å². The van der Waals surface area contributed by atoms with Gasteiger partial charge in [-0.3, -0.25) is 0 Å². The maximum atomic E-state index is 4.89. The molecule has 3 fully saturated rings. The van der Waals surface area contributed by atoms with Gasteiger partial charge in [-0.05, 0) is 90.9 Å². The fourth-order valence-corrected chi connectivity index (χ4v) is 7.60. The molecule has 2 heteroatoms. The topological polar surface area (TPSA) is 12.9 Å². The van der Waals surface area contributed by atoms with E-state index in [0.717, 1.165) is 35.5 Å². The molecule has 0 amide bonds. The summed E-state index contributed by atoms with van der Waals surface area (Å²) >= 11 is 0. The van der Waals surface area contributed by atoms with E-state index in [1.54, 1.807) is 22.3 Å². The summed E-state index contributed by atoms with van der Waals surface area (Å²) in [5, 5.41) is 0. The molecule has 1 radical (unpaired) electrons. The van der Waals surface area contributed by atoms with Gasteiger partial charge in [0.05, 0.1) is 0 Å². The standard InChI is InChI=1S/C25H26N.Ir/c1-2-17-10-16(1)23-12-25(26-13-24(17)23)18-3-4-21-19-6-14-5-15(7-19)9-20(8-14)22(21)11-18;/h4,11-17,19-20H,1-2,5-10H2;/q-1;. The maximum absolute atomic E-state index is 4.89. The largest absolute Gasteiger partial charge is 0.304 e. The van der Waals surface area contributed by atoms with Crippen LogP contribution in [0.5, 0.6) is 0 Å². The van der Waals surface area contributed by atoms with Crippen molar-refractivity contribution in [2.24, 2.45) is 11.8 Å². The molecule has 1 aromatic heterocycles. The Bertz CT molecular complexity index is 905. The molecule has 8 rings (SSSR count).